The minimum absolute atomic E-state index is 0.0683. The predicted octanol–water partition coefficient (Wildman–Crippen LogP) is 2.19. The van der Waals surface area contributed by atoms with Crippen molar-refractivity contribution in [1.82, 2.24) is 10.6 Å². The second kappa shape index (κ2) is 7.75. The number of piperidine rings is 1. The lowest BCUT2D eigenvalue weighted by molar-refractivity contribution is -0.128. The molecule has 3 unspecified atom stereocenters. The van der Waals surface area contributed by atoms with Crippen LogP contribution in [-0.2, 0) is 4.79 Å². The van der Waals surface area contributed by atoms with Crippen LogP contribution >= 0.6 is 0 Å². The highest BCUT2D eigenvalue weighted by Crippen LogP contribution is 2.22. The quantitative estimate of drug-likeness (QED) is 0.755. The summed E-state index contributed by atoms with van der Waals surface area (Å²) >= 11 is 0. The van der Waals surface area contributed by atoms with Crippen LogP contribution in [0, 0.1) is 0 Å². The Balaban J connectivity index is 1.97. The molecule has 0 spiro atoms. The summed E-state index contributed by atoms with van der Waals surface area (Å²) in [4.78, 5) is 12.5. The molecule has 0 aliphatic carbocycles. The maximum absolute atomic E-state index is 12.5. The number of nitrogens with one attached hydrogen (secondary N) is 2. The molecule has 1 amide bonds. The Hall–Kier alpha value is -1.39. The molecule has 3 N–H and O–H groups in total. The summed E-state index contributed by atoms with van der Waals surface area (Å²) in [5, 5.41) is 16.1. The average molecular weight is 304 g/mol. The van der Waals surface area contributed by atoms with E-state index in [-0.39, 0.29) is 17.9 Å². The van der Waals surface area contributed by atoms with Gasteiger partial charge in [-0.15, -0.1) is 0 Å². The van der Waals surface area contributed by atoms with Crippen molar-refractivity contribution in [3.8, 4) is 0 Å². The van der Waals surface area contributed by atoms with Gasteiger partial charge >= 0.3 is 0 Å². The minimum atomic E-state index is -0.454. The summed E-state index contributed by atoms with van der Waals surface area (Å²) in [5.41, 5.74) is 0.704. The molecule has 2 rings (SSSR count). The Morgan fingerprint density at radius 1 is 1.36 bits per heavy atom. The van der Waals surface area contributed by atoms with Gasteiger partial charge in [-0.1, -0.05) is 30.3 Å². The molecular formula is C18H28N2O2. The van der Waals surface area contributed by atoms with Crippen molar-refractivity contribution in [2.45, 2.75) is 57.1 Å². The molecule has 4 heteroatoms. The molecule has 0 bridgehead atoms. The van der Waals surface area contributed by atoms with E-state index in [1.165, 1.54) is 0 Å². The Bertz CT molecular complexity index is 467. The van der Waals surface area contributed by atoms with Crippen molar-refractivity contribution >= 4 is 5.91 Å². The molecule has 0 saturated carbocycles. The van der Waals surface area contributed by atoms with Crippen LogP contribution in [0.3, 0.4) is 0 Å². The molecular weight excluding hydrogens is 276 g/mol. The normalized spacial score (nSPS) is 24.5. The Morgan fingerprint density at radius 2 is 2.09 bits per heavy atom. The lowest BCUT2D eigenvalue weighted by Crippen LogP contribution is -2.57. The van der Waals surface area contributed by atoms with Gasteiger partial charge in [0.15, 0.2) is 0 Å². The zero-order valence-corrected chi connectivity index (χ0v) is 13.6. The summed E-state index contributed by atoms with van der Waals surface area (Å²) < 4.78 is 0. The summed E-state index contributed by atoms with van der Waals surface area (Å²) in [6.45, 7) is 5.24. The average Bonchev–Trinajstić information content (AvgIpc) is 2.52. The highest BCUT2D eigenvalue weighted by molar-refractivity contribution is 5.86. The van der Waals surface area contributed by atoms with Gasteiger partial charge in [-0.3, -0.25) is 4.79 Å². The standard InChI is InChI=1S/C18H28N2O2/c1-14(21)12-16(15-8-4-3-5-9-15)13-19-17(22)18(2)10-6-7-11-20-18/h3-5,8-9,14,16,20-21H,6-7,10-13H2,1-2H3,(H,19,22). The number of rotatable bonds is 6. The van der Waals surface area contributed by atoms with Gasteiger partial charge in [-0.25, -0.2) is 0 Å². The highest BCUT2D eigenvalue weighted by atomic mass is 16.3. The number of amides is 1. The van der Waals surface area contributed by atoms with Gasteiger partial charge in [0, 0.05) is 12.5 Å². The summed E-state index contributed by atoms with van der Waals surface area (Å²) in [6, 6.07) is 10.1. The van der Waals surface area contributed by atoms with Crippen molar-refractivity contribution < 1.29 is 9.90 Å². The molecule has 1 heterocycles. The molecule has 22 heavy (non-hydrogen) atoms. The zero-order chi connectivity index (χ0) is 16.0. The maximum Gasteiger partial charge on any atom is 0.240 e. The zero-order valence-electron chi connectivity index (χ0n) is 13.6. The Labute approximate surface area is 133 Å². The van der Waals surface area contributed by atoms with Gasteiger partial charge in [-0.2, -0.15) is 0 Å². The van der Waals surface area contributed by atoms with Crippen LogP contribution in [0.15, 0.2) is 30.3 Å². The molecule has 1 saturated heterocycles. The number of carbonyl (C=O) groups excluding carboxylic acids is 1. The van der Waals surface area contributed by atoms with Crippen LogP contribution in [0.1, 0.15) is 51.0 Å². The van der Waals surface area contributed by atoms with Crippen LogP contribution in [0.4, 0.5) is 0 Å². The van der Waals surface area contributed by atoms with Gasteiger partial charge in [0.05, 0.1) is 11.6 Å². The number of hydrogen-bond acceptors (Lipinski definition) is 3. The minimum Gasteiger partial charge on any atom is -0.393 e. The van der Waals surface area contributed by atoms with E-state index >= 15 is 0 Å². The number of aliphatic hydroxyl groups is 1. The lowest BCUT2D eigenvalue weighted by atomic mass is 9.89. The van der Waals surface area contributed by atoms with Gasteiger partial charge < -0.3 is 15.7 Å². The summed E-state index contributed by atoms with van der Waals surface area (Å²) in [6.07, 6.45) is 3.37. The van der Waals surface area contributed by atoms with E-state index in [0.29, 0.717) is 13.0 Å². The summed E-state index contributed by atoms with van der Waals surface area (Å²) in [7, 11) is 0. The Kier molecular flexibility index (Phi) is 5.98. The first-order valence-corrected chi connectivity index (χ1v) is 8.27. The second-order valence-electron chi connectivity index (χ2n) is 6.62. The van der Waals surface area contributed by atoms with Crippen molar-refractivity contribution in [3.05, 3.63) is 35.9 Å². The molecule has 1 aliphatic rings. The van der Waals surface area contributed by atoms with Crippen molar-refractivity contribution in [2.75, 3.05) is 13.1 Å². The highest BCUT2D eigenvalue weighted by Gasteiger charge is 2.34. The first-order chi connectivity index (χ1) is 10.5. The number of aliphatic hydroxyl groups excluding tert-OH is 1. The molecule has 1 aromatic carbocycles. The van der Waals surface area contributed by atoms with Crippen LogP contribution < -0.4 is 10.6 Å². The fraction of sp³-hybridized carbons (Fsp3) is 0.611. The fourth-order valence-electron chi connectivity index (χ4n) is 3.14. The smallest absolute Gasteiger partial charge is 0.240 e. The van der Waals surface area contributed by atoms with E-state index < -0.39 is 5.54 Å². The van der Waals surface area contributed by atoms with E-state index in [4.69, 9.17) is 0 Å². The van der Waals surface area contributed by atoms with Crippen LogP contribution in [0.5, 0.6) is 0 Å². The molecule has 122 valence electrons. The number of hydrogen-bond donors (Lipinski definition) is 3. The third-order valence-electron chi connectivity index (χ3n) is 4.53. The largest absolute Gasteiger partial charge is 0.393 e. The van der Waals surface area contributed by atoms with E-state index in [2.05, 4.69) is 22.8 Å². The molecule has 0 radical (unpaired) electrons. The van der Waals surface area contributed by atoms with Gasteiger partial charge in [0.2, 0.25) is 5.91 Å². The topological polar surface area (TPSA) is 61.4 Å². The number of carbonyl (C=O) groups is 1. The molecule has 1 aromatic rings. The van der Waals surface area contributed by atoms with E-state index in [9.17, 15) is 9.90 Å². The molecule has 3 atom stereocenters. The molecule has 1 fully saturated rings. The maximum atomic E-state index is 12.5. The van der Waals surface area contributed by atoms with Crippen LogP contribution in [0.25, 0.3) is 0 Å². The van der Waals surface area contributed by atoms with Crippen molar-refractivity contribution in [2.24, 2.45) is 0 Å². The third kappa shape index (κ3) is 4.55. The van der Waals surface area contributed by atoms with Crippen LogP contribution in [-0.4, -0.2) is 35.7 Å². The monoisotopic (exact) mass is 304 g/mol. The van der Waals surface area contributed by atoms with E-state index in [1.807, 2.05) is 25.1 Å². The van der Waals surface area contributed by atoms with Gasteiger partial charge in [0.1, 0.15) is 0 Å². The SMILES string of the molecule is CC(O)CC(CNC(=O)C1(C)CCCCN1)c1ccccc1. The van der Waals surface area contributed by atoms with Gasteiger partial charge in [-0.05, 0) is 51.6 Å². The van der Waals surface area contributed by atoms with Crippen molar-refractivity contribution in [3.63, 3.8) is 0 Å². The number of benzene rings is 1. The summed E-state index contributed by atoms with van der Waals surface area (Å²) in [5.74, 6) is 0.205. The second-order valence-corrected chi connectivity index (χ2v) is 6.62. The van der Waals surface area contributed by atoms with E-state index in [0.717, 1.165) is 31.4 Å². The fourth-order valence-corrected chi connectivity index (χ4v) is 3.14. The van der Waals surface area contributed by atoms with Crippen molar-refractivity contribution in [1.29, 1.82) is 0 Å². The molecule has 4 nitrogen and oxygen atoms in total. The molecule has 0 aromatic heterocycles. The molecule has 1 aliphatic heterocycles. The first-order valence-electron chi connectivity index (χ1n) is 8.27. The predicted molar refractivity (Wildman–Crippen MR) is 88.7 cm³/mol. The van der Waals surface area contributed by atoms with Crippen LogP contribution in [0.2, 0.25) is 0 Å². The Morgan fingerprint density at radius 3 is 2.68 bits per heavy atom. The third-order valence-corrected chi connectivity index (χ3v) is 4.53. The first kappa shape index (κ1) is 17.0. The lowest BCUT2D eigenvalue weighted by Gasteiger charge is -2.34. The van der Waals surface area contributed by atoms with E-state index in [1.54, 1.807) is 6.92 Å². The van der Waals surface area contributed by atoms with Gasteiger partial charge in [0.25, 0.3) is 0 Å².